The number of ether oxygens (including phenoxy) is 5. The first-order valence-corrected chi connectivity index (χ1v) is 13.7. The van der Waals surface area contributed by atoms with E-state index >= 15 is 0 Å². The number of esters is 1. The van der Waals surface area contributed by atoms with Crippen molar-refractivity contribution < 1.29 is 33.4 Å². The van der Waals surface area contributed by atoms with Gasteiger partial charge in [-0.15, -0.1) is 0 Å². The Morgan fingerprint density at radius 2 is 1.66 bits per heavy atom. The first kappa shape index (κ1) is 29.8. The van der Waals surface area contributed by atoms with E-state index in [0.29, 0.717) is 32.0 Å². The fourth-order valence-corrected chi connectivity index (χ4v) is 6.04. The molecule has 0 unspecified atom stereocenters. The van der Waals surface area contributed by atoms with Crippen molar-refractivity contribution >= 4 is 45.0 Å². The van der Waals surface area contributed by atoms with Crippen molar-refractivity contribution in [1.82, 2.24) is 4.57 Å². The van der Waals surface area contributed by atoms with Gasteiger partial charge in [-0.25, -0.2) is 9.79 Å². The highest BCUT2D eigenvalue weighted by atomic mass is 79.9. The summed E-state index contributed by atoms with van der Waals surface area (Å²) in [5.74, 6) is 0.613. The molecule has 0 aliphatic carbocycles. The number of benzene rings is 2. The normalized spacial score (nSPS) is 14.7. The third-order valence-corrected chi connectivity index (χ3v) is 8.00. The van der Waals surface area contributed by atoms with Gasteiger partial charge in [-0.3, -0.25) is 19.5 Å². The van der Waals surface area contributed by atoms with Gasteiger partial charge in [0.15, 0.2) is 27.8 Å². The Morgan fingerprint density at radius 3 is 2.24 bits per heavy atom. The van der Waals surface area contributed by atoms with Gasteiger partial charge >= 0.3 is 5.97 Å². The second kappa shape index (κ2) is 12.1. The maximum atomic E-state index is 14.0. The Morgan fingerprint density at radius 1 is 1.07 bits per heavy atom. The minimum Gasteiger partial charge on any atom is -0.493 e. The second-order valence-electron chi connectivity index (χ2n) is 8.55. The van der Waals surface area contributed by atoms with Crippen molar-refractivity contribution in [2.45, 2.75) is 19.9 Å². The molecule has 1 aliphatic rings. The SMILES string of the molecule is CCOC(=O)C1=C(C)N=c2s/c(=C\c3cc(OC)c(OC)cc3[N+](=O)[O-])c(=O)n2[C@@H]1c1cc(OC)c(OC)cc1Br. The van der Waals surface area contributed by atoms with Crippen LogP contribution in [-0.2, 0) is 9.53 Å². The predicted octanol–water partition coefficient (Wildman–Crippen LogP) is 3.50. The number of methoxy groups -OCH3 is 4. The Balaban J connectivity index is 2.04. The molecule has 0 bridgehead atoms. The third-order valence-electron chi connectivity index (χ3n) is 6.33. The van der Waals surface area contributed by atoms with Crippen LogP contribution in [0, 0.1) is 10.1 Å². The molecule has 3 aromatic rings. The van der Waals surface area contributed by atoms with Crippen LogP contribution in [-0.4, -0.2) is 50.5 Å². The lowest BCUT2D eigenvalue weighted by Crippen LogP contribution is -2.40. The summed E-state index contributed by atoms with van der Waals surface area (Å²) in [5.41, 5.74) is 0.374. The highest BCUT2D eigenvalue weighted by molar-refractivity contribution is 9.10. The summed E-state index contributed by atoms with van der Waals surface area (Å²) in [4.78, 5) is 43.4. The van der Waals surface area contributed by atoms with Gasteiger partial charge in [-0.2, -0.15) is 0 Å². The number of nitro groups is 1. The van der Waals surface area contributed by atoms with Gasteiger partial charge in [0.25, 0.3) is 11.2 Å². The number of hydrogen-bond acceptors (Lipinski definition) is 11. The minimum absolute atomic E-state index is 0.114. The van der Waals surface area contributed by atoms with Crippen LogP contribution in [0.25, 0.3) is 6.08 Å². The Hall–Kier alpha value is -4.17. The third kappa shape index (κ3) is 5.44. The van der Waals surface area contributed by atoms with Gasteiger partial charge in [-0.05, 0) is 43.7 Å². The van der Waals surface area contributed by atoms with Crippen molar-refractivity contribution in [3.63, 3.8) is 0 Å². The standard InChI is InChI=1S/C27H26BrN3O9S/c1-7-40-26(33)23-13(2)29-27-30(24(23)15-10-19(37-4)20(38-5)11-16(15)28)25(32)22(41-27)9-14-8-18(36-3)21(39-6)12-17(14)31(34)35/h8-12,24H,7H2,1-6H3/b22-9-/t24-/m1/s1. The number of carbonyl (C=O) groups is 1. The predicted molar refractivity (Wildman–Crippen MR) is 154 cm³/mol. The Kier molecular flexibility index (Phi) is 8.83. The van der Waals surface area contributed by atoms with E-state index in [1.807, 2.05) is 0 Å². The highest BCUT2D eigenvalue weighted by Gasteiger charge is 2.35. The molecule has 0 amide bonds. The van der Waals surface area contributed by atoms with Crippen molar-refractivity contribution in [2.24, 2.45) is 4.99 Å². The molecular formula is C27H26BrN3O9S. The smallest absolute Gasteiger partial charge is 0.338 e. The molecule has 2 aromatic carbocycles. The molecule has 1 aliphatic heterocycles. The summed E-state index contributed by atoms with van der Waals surface area (Å²) in [6.45, 7) is 3.45. The van der Waals surface area contributed by atoms with E-state index < -0.39 is 22.5 Å². The summed E-state index contributed by atoms with van der Waals surface area (Å²) < 4.78 is 28.8. The average Bonchev–Trinajstić information content (AvgIpc) is 3.25. The molecule has 0 N–H and O–H groups in total. The Labute approximate surface area is 246 Å². The summed E-state index contributed by atoms with van der Waals surface area (Å²) in [7, 11) is 5.75. The number of halogens is 1. The largest absolute Gasteiger partial charge is 0.493 e. The van der Waals surface area contributed by atoms with Crippen LogP contribution >= 0.6 is 27.3 Å². The zero-order chi connectivity index (χ0) is 30.0. The molecule has 0 radical (unpaired) electrons. The van der Waals surface area contributed by atoms with E-state index in [4.69, 9.17) is 23.7 Å². The van der Waals surface area contributed by atoms with Gasteiger partial charge in [-0.1, -0.05) is 27.3 Å². The van der Waals surface area contributed by atoms with Crippen LogP contribution in [0.4, 0.5) is 5.69 Å². The van der Waals surface area contributed by atoms with Gasteiger partial charge in [0.05, 0.1) is 73.4 Å². The molecule has 0 fully saturated rings. The number of fused-ring (bicyclic) bond motifs is 1. The number of hydrogen-bond donors (Lipinski definition) is 0. The first-order chi connectivity index (χ1) is 19.6. The zero-order valence-electron chi connectivity index (χ0n) is 23.0. The molecule has 1 atom stereocenters. The number of rotatable bonds is 9. The van der Waals surface area contributed by atoms with E-state index in [9.17, 15) is 19.7 Å². The van der Waals surface area contributed by atoms with Crippen molar-refractivity contribution in [3.8, 4) is 23.0 Å². The summed E-state index contributed by atoms with van der Waals surface area (Å²) in [6.07, 6.45) is 1.40. The average molecular weight is 648 g/mol. The summed E-state index contributed by atoms with van der Waals surface area (Å²) in [5, 5.41) is 11.9. The van der Waals surface area contributed by atoms with Crippen LogP contribution in [0.3, 0.4) is 0 Å². The fourth-order valence-electron chi connectivity index (χ4n) is 4.46. The van der Waals surface area contributed by atoms with Gasteiger partial charge < -0.3 is 23.7 Å². The highest BCUT2D eigenvalue weighted by Crippen LogP contribution is 2.41. The number of nitro benzene ring substituents is 1. The lowest BCUT2D eigenvalue weighted by atomic mass is 9.95. The molecule has 1 aromatic heterocycles. The molecule has 2 heterocycles. The van der Waals surface area contributed by atoms with Crippen LogP contribution < -0.4 is 33.8 Å². The maximum Gasteiger partial charge on any atom is 0.338 e. The van der Waals surface area contributed by atoms with E-state index in [0.717, 1.165) is 11.3 Å². The maximum absolute atomic E-state index is 14.0. The molecular weight excluding hydrogens is 622 g/mol. The topological polar surface area (TPSA) is 141 Å². The van der Waals surface area contributed by atoms with Crippen LogP contribution in [0.1, 0.15) is 31.0 Å². The number of thiazole rings is 1. The van der Waals surface area contributed by atoms with Gasteiger partial charge in [0, 0.05) is 4.47 Å². The molecule has 0 saturated heterocycles. The van der Waals surface area contributed by atoms with E-state index in [2.05, 4.69) is 20.9 Å². The summed E-state index contributed by atoms with van der Waals surface area (Å²) in [6, 6.07) is 5.04. The molecule has 41 heavy (non-hydrogen) atoms. The molecule has 216 valence electrons. The van der Waals surface area contributed by atoms with E-state index in [1.165, 1.54) is 51.2 Å². The fraction of sp³-hybridized carbons (Fsp3) is 0.296. The van der Waals surface area contributed by atoms with Crippen molar-refractivity contribution in [3.05, 3.63) is 80.9 Å². The molecule has 12 nitrogen and oxygen atoms in total. The lowest BCUT2D eigenvalue weighted by molar-refractivity contribution is -0.385. The molecule has 4 rings (SSSR count). The molecule has 14 heteroatoms. The second-order valence-corrected chi connectivity index (χ2v) is 10.4. The van der Waals surface area contributed by atoms with E-state index in [1.54, 1.807) is 26.0 Å². The lowest BCUT2D eigenvalue weighted by Gasteiger charge is -2.26. The van der Waals surface area contributed by atoms with Crippen LogP contribution in [0.15, 0.2) is 49.8 Å². The van der Waals surface area contributed by atoms with Crippen LogP contribution in [0.2, 0.25) is 0 Å². The Bertz CT molecular complexity index is 1760. The quantitative estimate of drug-likeness (QED) is 0.194. The number of carbonyl (C=O) groups excluding carboxylic acids is 1. The molecule has 0 spiro atoms. The monoisotopic (exact) mass is 647 g/mol. The van der Waals surface area contributed by atoms with Crippen molar-refractivity contribution in [2.75, 3.05) is 35.0 Å². The van der Waals surface area contributed by atoms with Crippen molar-refractivity contribution in [1.29, 1.82) is 0 Å². The minimum atomic E-state index is -0.956. The number of aromatic nitrogens is 1. The van der Waals surface area contributed by atoms with Gasteiger partial charge in [0.2, 0.25) is 0 Å². The van der Waals surface area contributed by atoms with E-state index in [-0.39, 0.29) is 39.5 Å². The van der Waals surface area contributed by atoms with Crippen LogP contribution in [0.5, 0.6) is 23.0 Å². The zero-order valence-corrected chi connectivity index (χ0v) is 25.4. The first-order valence-electron chi connectivity index (χ1n) is 12.1. The molecule has 0 saturated carbocycles. The number of allylic oxidation sites excluding steroid dienone is 1. The summed E-state index contributed by atoms with van der Waals surface area (Å²) >= 11 is 4.58. The van der Waals surface area contributed by atoms with Gasteiger partial charge in [0.1, 0.15) is 0 Å². The number of nitrogens with zero attached hydrogens (tertiary/aromatic N) is 3.